The molecule has 0 bridgehead atoms. The number of carbonyl (C=O) groups is 2. The van der Waals surface area contributed by atoms with Crippen molar-refractivity contribution >= 4 is 33.9 Å². The fourth-order valence-corrected chi connectivity index (χ4v) is 5.23. The van der Waals surface area contributed by atoms with Gasteiger partial charge in [-0.3, -0.25) is 4.79 Å². The lowest BCUT2D eigenvalue weighted by molar-refractivity contribution is -0.136. The van der Waals surface area contributed by atoms with E-state index >= 15 is 0 Å². The Morgan fingerprint density at radius 3 is 2.55 bits per heavy atom. The number of fused-ring (bicyclic) bond motifs is 3. The van der Waals surface area contributed by atoms with E-state index in [-0.39, 0.29) is 23.2 Å². The van der Waals surface area contributed by atoms with Crippen molar-refractivity contribution in [3.63, 3.8) is 0 Å². The van der Waals surface area contributed by atoms with Crippen molar-refractivity contribution in [1.82, 2.24) is 10.3 Å². The summed E-state index contributed by atoms with van der Waals surface area (Å²) < 4.78 is 28.5. The van der Waals surface area contributed by atoms with Crippen LogP contribution in [-0.2, 0) is 16.0 Å². The standard InChI is InChI=1S/C34H32N2O8/c1-19-30(20-9-12-27-29(16-20)41-14-13-40-27)31(37)24-11-10-22(17-28(24)42-19)43-32(38)26(36-33(39)44-34(2,3)4)15-21-18-35-25-8-6-5-7-23(21)25/h5-12,16-18,26,35H,13-15H2,1-4H3,(H,36,39). The molecule has 5 aromatic rings. The number of aromatic nitrogens is 1. The second kappa shape index (κ2) is 11.4. The van der Waals surface area contributed by atoms with Gasteiger partial charge < -0.3 is 33.7 Å². The number of benzene rings is 3. The maximum atomic E-state index is 13.6. The molecule has 0 radical (unpaired) electrons. The molecule has 2 N–H and O–H groups in total. The van der Waals surface area contributed by atoms with Crippen molar-refractivity contribution in [3.8, 4) is 28.4 Å². The number of nitrogens with one attached hydrogen (secondary N) is 2. The highest BCUT2D eigenvalue weighted by Gasteiger charge is 2.28. The van der Waals surface area contributed by atoms with Gasteiger partial charge in [-0.05, 0) is 69.2 Å². The number of esters is 1. The molecule has 0 saturated carbocycles. The molecule has 10 heteroatoms. The van der Waals surface area contributed by atoms with Gasteiger partial charge in [-0.1, -0.05) is 24.3 Å². The van der Waals surface area contributed by atoms with Gasteiger partial charge in [0.25, 0.3) is 0 Å². The van der Waals surface area contributed by atoms with Gasteiger partial charge in [0.05, 0.1) is 10.9 Å². The predicted molar refractivity (Wildman–Crippen MR) is 164 cm³/mol. The Labute approximate surface area is 252 Å². The second-order valence-corrected chi connectivity index (χ2v) is 11.6. The van der Waals surface area contributed by atoms with E-state index in [1.165, 1.54) is 12.1 Å². The molecular formula is C34H32N2O8. The lowest BCUT2D eigenvalue weighted by Crippen LogP contribution is -2.46. The number of alkyl carbamates (subject to hydrolysis) is 1. The SMILES string of the molecule is Cc1oc2cc(OC(=O)C(Cc3c[nH]c4ccccc34)NC(=O)OC(C)(C)C)ccc2c(=O)c1-c1ccc2c(c1)OCCO2. The Hall–Kier alpha value is -5.25. The molecule has 6 rings (SSSR count). The first-order valence-corrected chi connectivity index (χ1v) is 14.3. The number of hydrogen-bond donors (Lipinski definition) is 2. The summed E-state index contributed by atoms with van der Waals surface area (Å²) in [6.45, 7) is 7.82. The van der Waals surface area contributed by atoms with Crippen molar-refractivity contribution in [1.29, 1.82) is 0 Å². The van der Waals surface area contributed by atoms with Crippen LogP contribution in [0.4, 0.5) is 4.79 Å². The minimum Gasteiger partial charge on any atom is -0.486 e. The largest absolute Gasteiger partial charge is 0.486 e. The molecule has 44 heavy (non-hydrogen) atoms. The molecule has 1 amide bonds. The molecular weight excluding hydrogens is 564 g/mol. The molecule has 226 valence electrons. The van der Waals surface area contributed by atoms with Crippen molar-refractivity contribution in [2.45, 2.75) is 45.8 Å². The summed E-state index contributed by atoms with van der Waals surface area (Å²) in [7, 11) is 0. The fourth-order valence-electron chi connectivity index (χ4n) is 5.23. The van der Waals surface area contributed by atoms with Gasteiger partial charge in [0.15, 0.2) is 11.5 Å². The zero-order chi connectivity index (χ0) is 31.0. The van der Waals surface area contributed by atoms with Crippen LogP contribution in [0, 0.1) is 6.92 Å². The minimum absolute atomic E-state index is 0.156. The van der Waals surface area contributed by atoms with Crippen LogP contribution in [0.2, 0.25) is 0 Å². The van der Waals surface area contributed by atoms with Crippen molar-refractivity contribution in [3.05, 3.63) is 88.4 Å². The Balaban J connectivity index is 1.28. The maximum absolute atomic E-state index is 13.6. The van der Waals surface area contributed by atoms with E-state index in [0.29, 0.717) is 47.0 Å². The first-order chi connectivity index (χ1) is 21.1. The maximum Gasteiger partial charge on any atom is 0.408 e. The highest BCUT2D eigenvalue weighted by molar-refractivity contribution is 5.88. The lowest BCUT2D eigenvalue weighted by atomic mass is 10.0. The molecule has 3 heterocycles. The van der Waals surface area contributed by atoms with Crippen LogP contribution >= 0.6 is 0 Å². The molecule has 0 fully saturated rings. The highest BCUT2D eigenvalue weighted by atomic mass is 16.6. The lowest BCUT2D eigenvalue weighted by Gasteiger charge is -2.23. The van der Waals surface area contributed by atoms with Crippen LogP contribution in [0.1, 0.15) is 32.1 Å². The summed E-state index contributed by atoms with van der Waals surface area (Å²) in [6.07, 6.45) is 1.21. The van der Waals surface area contributed by atoms with Gasteiger partial charge >= 0.3 is 12.1 Å². The monoisotopic (exact) mass is 596 g/mol. The van der Waals surface area contributed by atoms with Crippen molar-refractivity contribution in [2.24, 2.45) is 0 Å². The van der Waals surface area contributed by atoms with Gasteiger partial charge in [0, 0.05) is 29.6 Å². The average Bonchev–Trinajstić information content (AvgIpc) is 3.38. The number of aryl methyl sites for hydroxylation is 1. The van der Waals surface area contributed by atoms with Gasteiger partial charge in [-0.2, -0.15) is 0 Å². The van der Waals surface area contributed by atoms with Crippen LogP contribution in [-0.4, -0.2) is 41.9 Å². The number of aromatic amines is 1. The molecule has 1 unspecified atom stereocenters. The summed E-state index contributed by atoms with van der Waals surface area (Å²) in [5.74, 6) is 1.04. The summed E-state index contributed by atoms with van der Waals surface area (Å²) in [4.78, 5) is 42.9. The van der Waals surface area contributed by atoms with E-state index in [1.54, 1.807) is 58.2 Å². The summed E-state index contributed by atoms with van der Waals surface area (Å²) in [5, 5.41) is 3.90. The zero-order valence-electron chi connectivity index (χ0n) is 24.8. The Morgan fingerprint density at radius 1 is 0.977 bits per heavy atom. The second-order valence-electron chi connectivity index (χ2n) is 11.6. The molecule has 3 aromatic carbocycles. The number of carbonyl (C=O) groups excluding carboxylic acids is 2. The Bertz CT molecular complexity index is 1950. The van der Waals surface area contributed by atoms with Gasteiger partial charge in [-0.15, -0.1) is 0 Å². The number of para-hydroxylation sites is 1. The zero-order valence-corrected chi connectivity index (χ0v) is 24.8. The van der Waals surface area contributed by atoms with Crippen LogP contribution < -0.4 is 25.0 Å². The fraction of sp³-hybridized carbons (Fsp3) is 0.265. The van der Waals surface area contributed by atoms with E-state index in [4.69, 9.17) is 23.4 Å². The third-order valence-electron chi connectivity index (χ3n) is 7.16. The first kappa shape index (κ1) is 28.9. The van der Waals surface area contributed by atoms with Gasteiger partial charge in [0.2, 0.25) is 5.43 Å². The summed E-state index contributed by atoms with van der Waals surface area (Å²) in [5.41, 5.74) is 2.04. The smallest absolute Gasteiger partial charge is 0.408 e. The third kappa shape index (κ3) is 5.96. The number of hydrogen-bond acceptors (Lipinski definition) is 8. The summed E-state index contributed by atoms with van der Waals surface area (Å²) >= 11 is 0. The number of ether oxygens (including phenoxy) is 4. The van der Waals surface area contributed by atoms with Gasteiger partial charge in [-0.25, -0.2) is 9.59 Å². The van der Waals surface area contributed by atoms with E-state index in [0.717, 1.165) is 16.5 Å². The predicted octanol–water partition coefficient (Wildman–Crippen LogP) is 6.06. The minimum atomic E-state index is -1.06. The van der Waals surface area contributed by atoms with E-state index in [2.05, 4.69) is 10.3 Å². The Morgan fingerprint density at radius 2 is 1.75 bits per heavy atom. The molecule has 0 saturated heterocycles. The van der Waals surface area contributed by atoms with Crippen LogP contribution in [0.15, 0.2) is 76.1 Å². The number of H-pyrrole nitrogens is 1. The third-order valence-corrected chi connectivity index (χ3v) is 7.16. The summed E-state index contributed by atoms with van der Waals surface area (Å²) in [6, 6.07) is 16.5. The molecule has 2 aromatic heterocycles. The molecule has 1 atom stereocenters. The van der Waals surface area contributed by atoms with E-state index < -0.39 is 23.7 Å². The normalized spacial score (nSPS) is 13.5. The highest BCUT2D eigenvalue weighted by Crippen LogP contribution is 2.35. The number of rotatable bonds is 6. The quantitative estimate of drug-likeness (QED) is 0.179. The topological polar surface area (TPSA) is 129 Å². The van der Waals surface area contributed by atoms with Crippen LogP contribution in [0.5, 0.6) is 17.2 Å². The van der Waals surface area contributed by atoms with E-state index in [1.807, 2.05) is 24.3 Å². The van der Waals surface area contributed by atoms with Crippen molar-refractivity contribution in [2.75, 3.05) is 13.2 Å². The number of amides is 1. The van der Waals surface area contributed by atoms with E-state index in [9.17, 15) is 14.4 Å². The molecule has 1 aliphatic rings. The van der Waals surface area contributed by atoms with Crippen LogP contribution in [0.3, 0.4) is 0 Å². The van der Waals surface area contributed by atoms with Gasteiger partial charge in [0.1, 0.15) is 41.9 Å². The molecule has 1 aliphatic heterocycles. The molecule has 0 spiro atoms. The first-order valence-electron chi connectivity index (χ1n) is 14.3. The molecule has 10 nitrogen and oxygen atoms in total. The molecule has 0 aliphatic carbocycles. The van der Waals surface area contributed by atoms with Crippen LogP contribution in [0.25, 0.3) is 33.0 Å². The average molecular weight is 597 g/mol. The Kier molecular flexibility index (Phi) is 7.50. The van der Waals surface area contributed by atoms with Crippen molar-refractivity contribution < 1.29 is 33.0 Å².